The molecular formula is C13H22N2O. The van der Waals surface area contributed by atoms with Crippen LogP contribution in [0.3, 0.4) is 0 Å². The molecule has 1 fully saturated rings. The molecule has 1 saturated heterocycles. The predicted octanol–water partition coefficient (Wildman–Crippen LogP) is 1.46. The maximum absolute atomic E-state index is 11.9. The van der Waals surface area contributed by atoms with Crippen molar-refractivity contribution in [2.45, 2.75) is 32.1 Å². The molecule has 90 valence electrons. The molecule has 2 atom stereocenters. The van der Waals surface area contributed by atoms with Gasteiger partial charge in [-0.05, 0) is 44.6 Å². The van der Waals surface area contributed by atoms with Crippen LogP contribution in [0.15, 0.2) is 12.2 Å². The van der Waals surface area contributed by atoms with Crippen LogP contribution in [0, 0.1) is 11.8 Å². The van der Waals surface area contributed by atoms with Crippen molar-refractivity contribution in [3.8, 4) is 0 Å². The molecule has 3 nitrogen and oxygen atoms in total. The van der Waals surface area contributed by atoms with Crippen molar-refractivity contribution in [2.75, 3.05) is 19.6 Å². The lowest BCUT2D eigenvalue weighted by Crippen LogP contribution is -2.42. The molecule has 0 aromatic carbocycles. The number of carbonyl (C=O) groups excluding carboxylic acids is 1. The van der Waals surface area contributed by atoms with Gasteiger partial charge in [0.05, 0.1) is 5.92 Å². The lowest BCUT2D eigenvalue weighted by molar-refractivity contribution is -0.125. The quantitative estimate of drug-likeness (QED) is 0.710. The summed E-state index contributed by atoms with van der Waals surface area (Å²) in [6, 6.07) is 0. The number of rotatable bonds is 3. The average molecular weight is 222 g/mol. The smallest absolute Gasteiger partial charge is 0.224 e. The highest BCUT2D eigenvalue weighted by atomic mass is 16.1. The molecule has 0 radical (unpaired) electrons. The number of hydrogen-bond donors (Lipinski definition) is 2. The molecule has 0 aromatic rings. The molecule has 0 bridgehead atoms. The fourth-order valence-electron chi connectivity index (χ4n) is 2.51. The first-order valence-corrected chi connectivity index (χ1v) is 6.49. The topological polar surface area (TPSA) is 41.1 Å². The highest BCUT2D eigenvalue weighted by molar-refractivity contribution is 5.78. The van der Waals surface area contributed by atoms with E-state index in [1.54, 1.807) is 0 Å². The fourth-order valence-corrected chi connectivity index (χ4v) is 2.51. The standard InChI is InChI=1S/C13H22N2O/c16-13(12-7-4-8-14-10-12)15-9-11-5-2-1-3-6-11/h1-2,11-12,14H,3-10H2,(H,15,16)/t11?,12-/m1/s1. The minimum Gasteiger partial charge on any atom is -0.356 e. The maximum atomic E-state index is 11.9. The Morgan fingerprint density at radius 1 is 1.38 bits per heavy atom. The zero-order valence-electron chi connectivity index (χ0n) is 9.87. The summed E-state index contributed by atoms with van der Waals surface area (Å²) < 4.78 is 0. The molecule has 16 heavy (non-hydrogen) atoms. The fraction of sp³-hybridized carbons (Fsp3) is 0.769. The molecule has 1 amide bonds. The van der Waals surface area contributed by atoms with Crippen LogP contribution in [0.2, 0.25) is 0 Å². The normalized spacial score (nSPS) is 30.0. The van der Waals surface area contributed by atoms with Gasteiger partial charge in [0.2, 0.25) is 5.91 Å². The average Bonchev–Trinajstić information content (AvgIpc) is 2.38. The lowest BCUT2D eigenvalue weighted by Gasteiger charge is -2.24. The van der Waals surface area contributed by atoms with Crippen LogP contribution in [0.25, 0.3) is 0 Å². The highest BCUT2D eigenvalue weighted by Crippen LogP contribution is 2.17. The van der Waals surface area contributed by atoms with E-state index in [1.807, 2.05) is 0 Å². The Morgan fingerprint density at radius 3 is 3.00 bits per heavy atom. The molecular weight excluding hydrogens is 200 g/mol. The molecule has 1 aliphatic carbocycles. The van der Waals surface area contributed by atoms with Crippen LogP contribution < -0.4 is 10.6 Å². The van der Waals surface area contributed by atoms with E-state index in [0.717, 1.165) is 38.9 Å². The summed E-state index contributed by atoms with van der Waals surface area (Å²) in [5.74, 6) is 1.11. The molecule has 0 aromatic heterocycles. The van der Waals surface area contributed by atoms with Gasteiger partial charge in [-0.2, -0.15) is 0 Å². The van der Waals surface area contributed by atoms with Gasteiger partial charge in [-0.1, -0.05) is 12.2 Å². The van der Waals surface area contributed by atoms with Gasteiger partial charge in [0.25, 0.3) is 0 Å². The van der Waals surface area contributed by atoms with Crippen molar-refractivity contribution in [2.24, 2.45) is 11.8 Å². The van der Waals surface area contributed by atoms with Gasteiger partial charge in [-0.3, -0.25) is 4.79 Å². The van der Waals surface area contributed by atoms with Gasteiger partial charge in [-0.15, -0.1) is 0 Å². The summed E-state index contributed by atoms with van der Waals surface area (Å²) in [7, 11) is 0. The summed E-state index contributed by atoms with van der Waals surface area (Å²) in [6.07, 6.45) is 10.2. The zero-order chi connectivity index (χ0) is 11.2. The van der Waals surface area contributed by atoms with Gasteiger partial charge < -0.3 is 10.6 Å². The third-order valence-corrected chi connectivity index (χ3v) is 3.61. The summed E-state index contributed by atoms with van der Waals surface area (Å²) in [4.78, 5) is 11.9. The molecule has 0 spiro atoms. The Balaban J connectivity index is 1.68. The number of nitrogens with one attached hydrogen (secondary N) is 2. The van der Waals surface area contributed by atoms with Crippen LogP contribution in [0.4, 0.5) is 0 Å². The minimum absolute atomic E-state index is 0.202. The Hall–Kier alpha value is -0.830. The Kier molecular flexibility index (Phi) is 4.40. The first kappa shape index (κ1) is 11.6. The van der Waals surface area contributed by atoms with E-state index in [0.29, 0.717) is 5.92 Å². The van der Waals surface area contributed by atoms with E-state index in [9.17, 15) is 4.79 Å². The number of allylic oxidation sites excluding steroid dienone is 2. The summed E-state index contributed by atoms with van der Waals surface area (Å²) in [6.45, 7) is 2.78. The first-order chi connectivity index (χ1) is 7.86. The van der Waals surface area contributed by atoms with Crippen LogP contribution in [0.1, 0.15) is 32.1 Å². The van der Waals surface area contributed by atoms with E-state index >= 15 is 0 Å². The number of carbonyl (C=O) groups is 1. The van der Waals surface area contributed by atoms with Crippen molar-refractivity contribution in [3.63, 3.8) is 0 Å². The number of amides is 1. The molecule has 2 aliphatic rings. The van der Waals surface area contributed by atoms with E-state index < -0.39 is 0 Å². The second-order valence-electron chi connectivity index (χ2n) is 4.94. The third kappa shape index (κ3) is 3.34. The summed E-state index contributed by atoms with van der Waals surface area (Å²) in [5.41, 5.74) is 0. The second kappa shape index (κ2) is 6.04. The Morgan fingerprint density at radius 2 is 2.31 bits per heavy atom. The van der Waals surface area contributed by atoms with Gasteiger partial charge >= 0.3 is 0 Å². The lowest BCUT2D eigenvalue weighted by atomic mass is 9.93. The van der Waals surface area contributed by atoms with Crippen molar-refractivity contribution in [1.29, 1.82) is 0 Å². The summed E-state index contributed by atoms with van der Waals surface area (Å²) >= 11 is 0. The van der Waals surface area contributed by atoms with E-state index in [2.05, 4.69) is 22.8 Å². The maximum Gasteiger partial charge on any atom is 0.224 e. The van der Waals surface area contributed by atoms with E-state index in [1.165, 1.54) is 12.8 Å². The largest absolute Gasteiger partial charge is 0.356 e. The van der Waals surface area contributed by atoms with E-state index in [4.69, 9.17) is 0 Å². The molecule has 0 saturated carbocycles. The van der Waals surface area contributed by atoms with Crippen molar-refractivity contribution >= 4 is 5.91 Å². The molecule has 2 rings (SSSR count). The van der Waals surface area contributed by atoms with Gasteiger partial charge in [0, 0.05) is 13.1 Å². The Bertz CT molecular complexity index is 257. The van der Waals surface area contributed by atoms with Gasteiger partial charge in [-0.25, -0.2) is 0 Å². The molecule has 2 N–H and O–H groups in total. The Labute approximate surface area is 97.7 Å². The molecule has 1 heterocycles. The number of piperidine rings is 1. The first-order valence-electron chi connectivity index (χ1n) is 6.49. The minimum atomic E-state index is 0.202. The van der Waals surface area contributed by atoms with Crippen molar-refractivity contribution in [3.05, 3.63) is 12.2 Å². The molecule has 1 aliphatic heterocycles. The van der Waals surface area contributed by atoms with Crippen molar-refractivity contribution < 1.29 is 4.79 Å². The third-order valence-electron chi connectivity index (χ3n) is 3.61. The molecule has 1 unspecified atom stereocenters. The van der Waals surface area contributed by atoms with Crippen LogP contribution in [-0.4, -0.2) is 25.5 Å². The zero-order valence-corrected chi connectivity index (χ0v) is 9.87. The predicted molar refractivity (Wildman–Crippen MR) is 65.1 cm³/mol. The summed E-state index contributed by atoms with van der Waals surface area (Å²) in [5, 5.41) is 6.39. The van der Waals surface area contributed by atoms with E-state index in [-0.39, 0.29) is 11.8 Å². The van der Waals surface area contributed by atoms with Crippen molar-refractivity contribution in [1.82, 2.24) is 10.6 Å². The van der Waals surface area contributed by atoms with Crippen LogP contribution in [0.5, 0.6) is 0 Å². The molecule has 3 heteroatoms. The number of hydrogen-bond acceptors (Lipinski definition) is 2. The van der Waals surface area contributed by atoms with Crippen LogP contribution >= 0.6 is 0 Å². The van der Waals surface area contributed by atoms with Crippen LogP contribution in [-0.2, 0) is 4.79 Å². The van der Waals surface area contributed by atoms with Gasteiger partial charge in [0.1, 0.15) is 0 Å². The van der Waals surface area contributed by atoms with Gasteiger partial charge in [0.15, 0.2) is 0 Å². The SMILES string of the molecule is O=C(NCC1CC=CCC1)[C@@H]1CCCNC1. The monoisotopic (exact) mass is 222 g/mol. The highest BCUT2D eigenvalue weighted by Gasteiger charge is 2.21. The second-order valence-corrected chi connectivity index (χ2v) is 4.94.